The van der Waals surface area contributed by atoms with Crippen molar-refractivity contribution in [2.75, 3.05) is 6.61 Å². The molecule has 0 bridgehead atoms. The summed E-state index contributed by atoms with van der Waals surface area (Å²) in [4.78, 5) is 33.7. The first-order valence-electron chi connectivity index (χ1n) is 9.31. The van der Waals surface area contributed by atoms with E-state index >= 15 is 0 Å². The monoisotopic (exact) mass is 417 g/mol. The number of nitro groups is 1. The van der Waals surface area contributed by atoms with E-state index in [4.69, 9.17) is 4.74 Å². The van der Waals surface area contributed by atoms with E-state index in [0.717, 1.165) is 11.1 Å². The Kier molecular flexibility index (Phi) is 7.10. The zero-order valence-electron chi connectivity index (χ0n) is 16.4. The number of non-ortho nitro benzene ring substituents is 1. The first kappa shape index (κ1) is 21.3. The molecule has 0 spiro atoms. The minimum atomic E-state index is -0.557. The lowest BCUT2D eigenvalue weighted by atomic mass is 10.1. The molecule has 0 saturated carbocycles. The largest absolute Gasteiger partial charge is 0.484 e. The van der Waals surface area contributed by atoms with Gasteiger partial charge in [-0.2, -0.15) is 0 Å². The van der Waals surface area contributed by atoms with E-state index < -0.39 is 16.7 Å². The number of rotatable bonds is 7. The van der Waals surface area contributed by atoms with Crippen molar-refractivity contribution in [3.8, 4) is 16.9 Å². The van der Waals surface area contributed by atoms with Gasteiger partial charge in [0.05, 0.1) is 4.92 Å². The molecule has 2 N–H and O–H groups in total. The zero-order chi connectivity index (χ0) is 22.1. The van der Waals surface area contributed by atoms with E-state index in [1.54, 1.807) is 12.1 Å². The van der Waals surface area contributed by atoms with Crippen molar-refractivity contribution in [2.45, 2.75) is 0 Å². The van der Waals surface area contributed by atoms with Gasteiger partial charge in [0.1, 0.15) is 5.75 Å². The maximum absolute atomic E-state index is 11.8. The normalized spacial score (nSPS) is 10.5. The molecule has 2 amide bonds. The number of benzene rings is 3. The van der Waals surface area contributed by atoms with E-state index in [9.17, 15) is 19.7 Å². The van der Waals surface area contributed by atoms with Crippen molar-refractivity contribution >= 4 is 23.6 Å². The Morgan fingerprint density at radius 1 is 0.871 bits per heavy atom. The predicted molar refractivity (Wildman–Crippen MR) is 116 cm³/mol. The van der Waals surface area contributed by atoms with Crippen LogP contribution in [0.1, 0.15) is 5.56 Å². The van der Waals surface area contributed by atoms with Crippen LogP contribution in [-0.4, -0.2) is 23.3 Å². The molecule has 3 rings (SSSR count). The number of hydrogen-bond donors (Lipinski definition) is 2. The minimum absolute atomic E-state index is 0.0384. The molecule has 0 unspecified atom stereocenters. The van der Waals surface area contributed by atoms with E-state index in [0.29, 0.717) is 11.3 Å². The number of carbonyl (C=O) groups is 2. The lowest BCUT2D eigenvalue weighted by molar-refractivity contribution is -0.384. The molecular weight excluding hydrogens is 398 g/mol. The molecule has 156 valence electrons. The van der Waals surface area contributed by atoms with E-state index in [-0.39, 0.29) is 12.3 Å². The SMILES string of the molecule is O=C(/C=C/c1ccc([N+](=O)[O-])cc1)NNC(=O)COc1ccc(-c2ccccc2)cc1. The van der Waals surface area contributed by atoms with Crippen LogP contribution in [-0.2, 0) is 9.59 Å². The van der Waals surface area contributed by atoms with Gasteiger partial charge >= 0.3 is 0 Å². The fraction of sp³-hybridized carbons (Fsp3) is 0.0435. The molecule has 0 radical (unpaired) electrons. The minimum Gasteiger partial charge on any atom is -0.484 e. The highest BCUT2D eigenvalue weighted by Gasteiger charge is 2.05. The van der Waals surface area contributed by atoms with Crippen LogP contribution in [0.15, 0.2) is 84.9 Å². The average molecular weight is 417 g/mol. The quantitative estimate of drug-likeness (QED) is 0.347. The molecule has 31 heavy (non-hydrogen) atoms. The van der Waals surface area contributed by atoms with Crippen LogP contribution >= 0.6 is 0 Å². The van der Waals surface area contributed by atoms with Crippen molar-refractivity contribution in [3.05, 3.63) is 101 Å². The number of hydrogen-bond acceptors (Lipinski definition) is 5. The van der Waals surface area contributed by atoms with E-state index in [2.05, 4.69) is 10.9 Å². The van der Waals surface area contributed by atoms with Gasteiger partial charge < -0.3 is 4.74 Å². The molecule has 0 aliphatic heterocycles. The summed E-state index contributed by atoms with van der Waals surface area (Å²) in [6, 6.07) is 22.9. The predicted octanol–water partition coefficient (Wildman–Crippen LogP) is 3.50. The number of nitrogens with one attached hydrogen (secondary N) is 2. The van der Waals surface area contributed by atoms with Gasteiger partial charge in [-0.3, -0.25) is 30.6 Å². The fourth-order valence-electron chi connectivity index (χ4n) is 2.61. The summed E-state index contributed by atoms with van der Waals surface area (Å²) in [7, 11) is 0. The summed E-state index contributed by atoms with van der Waals surface area (Å²) >= 11 is 0. The van der Waals surface area contributed by atoms with Gasteiger partial charge in [0.15, 0.2) is 6.61 Å². The van der Waals surface area contributed by atoms with Crippen molar-refractivity contribution < 1.29 is 19.2 Å². The van der Waals surface area contributed by atoms with Crippen LogP contribution in [0.2, 0.25) is 0 Å². The number of amides is 2. The first-order chi connectivity index (χ1) is 15.0. The van der Waals surface area contributed by atoms with Crippen LogP contribution in [0.4, 0.5) is 5.69 Å². The molecule has 0 heterocycles. The Hall–Kier alpha value is -4.46. The Morgan fingerprint density at radius 2 is 1.52 bits per heavy atom. The van der Waals surface area contributed by atoms with Crippen LogP contribution in [0, 0.1) is 10.1 Å². The second-order valence-electron chi connectivity index (χ2n) is 6.40. The van der Waals surface area contributed by atoms with E-state index in [1.165, 1.54) is 36.4 Å². The summed E-state index contributed by atoms with van der Waals surface area (Å²) < 4.78 is 5.41. The summed E-state index contributed by atoms with van der Waals surface area (Å²) in [5, 5.41) is 10.6. The topological polar surface area (TPSA) is 111 Å². The Bertz CT molecular complexity index is 1080. The number of nitrogens with zero attached hydrogens (tertiary/aromatic N) is 1. The summed E-state index contributed by atoms with van der Waals surface area (Å²) in [5.41, 5.74) is 7.16. The van der Waals surface area contributed by atoms with Gasteiger partial charge in [-0.25, -0.2) is 0 Å². The van der Waals surface area contributed by atoms with E-state index in [1.807, 2.05) is 42.5 Å². The molecule has 3 aromatic rings. The zero-order valence-corrected chi connectivity index (χ0v) is 16.4. The summed E-state index contributed by atoms with van der Waals surface area (Å²) in [5.74, 6) is -0.553. The Morgan fingerprint density at radius 3 is 2.16 bits per heavy atom. The lowest BCUT2D eigenvalue weighted by Crippen LogP contribution is -2.43. The lowest BCUT2D eigenvalue weighted by Gasteiger charge is -2.08. The third-order valence-corrected chi connectivity index (χ3v) is 4.19. The second-order valence-corrected chi connectivity index (χ2v) is 6.40. The van der Waals surface area contributed by atoms with Crippen molar-refractivity contribution in [1.82, 2.24) is 10.9 Å². The van der Waals surface area contributed by atoms with Crippen LogP contribution in [0.5, 0.6) is 5.75 Å². The number of nitro benzene ring substituents is 1. The maximum atomic E-state index is 11.8. The summed E-state index contributed by atoms with van der Waals surface area (Å²) in [6.07, 6.45) is 2.67. The van der Waals surface area contributed by atoms with Crippen LogP contribution in [0.25, 0.3) is 17.2 Å². The van der Waals surface area contributed by atoms with Gasteiger partial charge in [0.25, 0.3) is 17.5 Å². The first-order valence-corrected chi connectivity index (χ1v) is 9.31. The van der Waals surface area contributed by atoms with Gasteiger partial charge in [-0.1, -0.05) is 42.5 Å². The molecule has 0 aliphatic rings. The number of ether oxygens (including phenoxy) is 1. The van der Waals surface area contributed by atoms with Crippen molar-refractivity contribution in [2.24, 2.45) is 0 Å². The number of carbonyl (C=O) groups excluding carboxylic acids is 2. The third kappa shape index (κ3) is 6.53. The standard InChI is InChI=1S/C23H19N3O5/c27-22(15-8-17-6-11-20(12-7-17)26(29)30)24-25-23(28)16-31-21-13-9-19(10-14-21)18-4-2-1-3-5-18/h1-15H,16H2,(H,24,27)(H,25,28)/b15-8+. The van der Waals surface area contributed by atoms with Crippen LogP contribution in [0.3, 0.4) is 0 Å². The number of hydrazine groups is 1. The molecule has 8 heteroatoms. The molecule has 8 nitrogen and oxygen atoms in total. The van der Waals surface area contributed by atoms with Crippen molar-refractivity contribution in [1.29, 1.82) is 0 Å². The Balaban J connectivity index is 1.41. The smallest absolute Gasteiger partial charge is 0.276 e. The Labute approximate surface area is 178 Å². The molecule has 0 saturated heterocycles. The molecule has 0 atom stereocenters. The third-order valence-electron chi connectivity index (χ3n) is 4.19. The molecular formula is C23H19N3O5. The van der Waals surface area contributed by atoms with Gasteiger partial charge in [0.2, 0.25) is 0 Å². The molecule has 0 fully saturated rings. The van der Waals surface area contributed by atoms with Gasteiger partial charge in [-0.05, 0) is 47.0 Å². The van der Waals surface area contributed by atoms with Gasteiger partial charge in [-0.15, -0.1) is 0 Å². The highest BCUT2D eigenvalue weighted by Crippen LogP contribution is 2.21. The van der Waals surface area contributed by atoms with Crippen LogP contribution < -0.4 is 15.6 Å². The fourth-order valence-corrected chi connectivity index (χ4v) is 2.61. The second kappa shape index (κ2) is 10.4. The van der Waals surface area contributed by atoms with Gasteiger partial charge in [0, 0.05) is 18.2 Å². The average Bonchev–Trinajstić information content (AvgIpc) is 2.81. The van der Waals surface area contributed by atoms with Crippen molar-refractivity contribution in [3.63, 3.8) is 0 Å². The highest BCUT2D eigenvalue weighted by molar-refractivity contribution is 5.93. The molecule has 3 aromatic carbocycles. The maximum Gasteiger partial charge on any atom is 0.276 e. The molecule has 0 aliphatic carbocycles. The highest BCUT2D eigenvalue weighted by atomic mass is 16.6. The summed E-state index contributed by atoms with van der Waals surface area (Å²) in [6.45, 7) is -0.267. The molecule has 0 aromatic heterocycles.